The summed E-state index contributed by atoms with van der Waals surface area (Å²) < 4.78 is 53.2. The van der Waals surface area contributed by atoms with Crippen molar-refractivity contribution in [3.63, 3.8) is 0 Å². The van der Waals surface area contributed by atoms with Gasteiger partial charge in [-0.15, -0.1) is 0 Å². The number of nitrogens with one attached hydrogen (secondary N) is 1. The number of nitrogens with zero attached hydrogens (tertiary/aromatic N) is 2. The summed E-state index contributed by atoms with van der Waals surface area (Å²) in [6, 6.07) is 2.23. The van der Waals surface area contributed by atoms with E-state index in [2.05, 4.69) is 10.4 Å². The number of aromatic nitrogens is 2. The van der Waals surface area contributed by atoms with Crippen LogP contribution in [0.4, 0.5) is 17.6 Å². The number of hydrazine groups is 1. The third kappa shape index (κ3) is 3.40. The number of alkyl halides is 3. The second-order valence-corrected chi connectivity index (χ2v) is 4.61. The molecule has 0 amide bonds. The quantitative estimate of drug-likeness (QED) is 0.518. The number of hydrogen-bond donors (Lipinski definition) is 2. The van der Waals surface area contributed by atoms with Gasteiger partial charge in [0.25, 0.3) is 0 Å². The molecule has 0 bridgehead atoms. The second kappa shape index (κ2) is 5.82. The molecule has 0 radical (unpaired) electrons. The zero-order valence-corrected chi connectivity index (χ0v) is 11.2. The molecule has 21 heavy (non-hydrogen) atoms. The van der Waals surface area contributed by atoms with Crippen molar-refractivity contribution in [3.05, 3.63) is 53.4 Å². The molecule has 3 N–H and O–H groups in total. The van der Waals surface area contributed by atoms with Gasteiger partial charge in [-0.3, -0.25) is 11.3 Å². The zero-order chi connectivity index (χ0) is 15.6. The van der Waals surface area contributed by atoms with E-state index in [4.69, 9.17) is 5.84 Å². The van der Waals surface area contributed by atoms with Gasteiger partial charge in [0.2, 0.25) is 0 Å². The lowest BCUT2D eigenvalue weighted by atomic mass is 10.0. The van der Waals surface area contributed by atoms with Crippen LogP contribution in [0.15, 0.2) is 30.6 Å². The van der Waals surface area contributed by atoms with E-state index in [0.29, 0.717) is 5.82 Å². The van der Waals surface area contributed by atoms with E-state index in [1.54, 1.807) is 24.0 Å². The average Bonchev–Trinajstić information content (AvgIpc) is 2.81. The molecule has 4 nitrogen and oxygen atoms in total. The van der Waals surface area contributed by atoms with Crippen LogP contribution >= 0.6 is 0 Å². The Balaban J connectivity index is 2.33. The van der Waals surface area contributed by atoms with Gasteiger partial charge in [0, 0.05) is 25.9 Å². The molecular formula is C13H14F4N4. The Hall–Kier alpha value is -1.93. The van der Waals surface area contributed by atoms with Crippen molar-refractivity contribution in [2.75, 3.05) is 0 Å². The van der Waals surface area contributed by atoms with Gasteiger partial charge in [-0.05, 0) is 17.7 Å². The van der Waals surface area contributed by atoms with Gasteiger partial charge in [0.1, 0.15) is 11.6 Å². The van der Waals surface area contributed by atoms with Crippen LogP contribution < -0.4 is 11.3 Å². The molecule has 0 fully saturated rings. The molecule has 8 heteroatoms. The number of hydrogen-bond acceptors (Lipinski definition) is 3. The monoisotopic (exact) mass is 302 g/mol. The van der Waals surface area contributed by atoms with Crippen LogP contribution in [0.25, 0.3) is 0 Å². The van der Waals surface area contributed by atoms with Crippen molar-refractivity contribution < 1.29 is 17.6 Å². The van der Waals surface area contributed by atoms with Crippen molar-refractivity contribution in [2.45, 2.75) is 18.6 Å². The molecule has 114 valence electrons. The lowest BCUT2D eigenvalue weighted by Crippen LogP contribution is -2.30. The molecule has 0 spiro atoms. The first-order valence-electron chi connectivity index (χ1n) is 6.12. The third-order valence-electron chi connectivity index (χ3n) is 3.21. The van der Waals surface area contributed by atoms with E-state index in [0.717, 1.165) is 12.1 Å². The van der Waals surface area contributed by atoms with Crippen molar-refractivity contribution in [1.82, 2.24) is 15.0 Å². The Morgan fingerprint density at radius 2 is 2.10 bits per heavy atom. The van der Waals surface area contributed by atoms with Crippen molar-refractivity contribution in [1.29, 1.82) is 0 Å². The van der Waals surface area contributed by atoms with Crippen molar-refractivity contribution in [3.8, 4) is 0 Å². The lowest BCUT2D eigenvalue weighted by molar-refractivity contribution is -0.140. The highest BCUT2D eigenvalue weighted by Crippen LogP contribution is 2.33. The summed E-state index contributed by atoms with van der Waals surface area (Å²) in [6.45, 7) is 0. The number of nitrogens with two attached hydrogens (primary N) is 1. The van der Waals surface area contributed by atoms with E-state index in [1.165, 1.54) is 6.07 Å². The van der Waals surface area contributed by atoms with Crippen LogP contribution in [0, 0.1) is 5.82 Å². The van der Waals surface area contributed by atoms with Crippen LogP contribution in [-0.2, 0) is 19.6 Å². The van der Waals surface area contributed by atoms with E-state index in [-0.39, 0.29) is 12.0 Å². The largest absolute Gasteiger partial charge is 0.419 e. The summed E-state index contributed by atoms with van der Waals surface area (Å²) in [5.41, 5.74) is 1.38. The van der Waals surface area contributed by atoms with Gasteiger partial charge in [0.15, 0.2) is 0 Å². The molecule has 1 aromatic carbocycles. The molecule has 1 unspecified atom stereocenters. The molecule has 0 aliphatic heterocycles. The molecule has 1 aromatic heterocycles. The van der Waals surface area contributed by atoms with Crippen molar-refractivity contribution in [2.24, 2.45) is 12.9 Å². The number of rotatable bonds is 4. The van der Waals surface area contributed by atoms with Gasteiger partial charge >= 0.3 is 6.18 Å². The lowest BCUT2D eigenvalue weighted by Gasteiger charge is -2.18. The maximum atomic E-state index is 13.3. The molecule has 0 aliphatic rings. The highest BCUT2D eigenvalue weighted by molar-refractivity contribution is 5.30. The molecule has 2 aromatic rings. The van der Waals surface area contributed by atoms with Crippen LogP contribution in [0.2, 0.25) is 0 Å². The Bertz CT molecular complexity index is 621. The molecular weight excluding hydrogens is 288 g/mol. The molecule has 2 rings (SSSR count). The highest BCUT2D eigenvalue weighted by Gasteiger charge is 2.34. The minimum atomic E-state index is -4.75. The Kier molecular flexibility index (Phi) is 4.29. The first kappa shape index (κ1) is 15.5. The topological polar surface area (TPSA) is 55.9 Å². The minimum Gasteiger partial charge on any atom is -0.338 e. The second-order valence-electron chi connectivity index (χ2n) is 4.61. The first-order valence-corrected chi connectivity index (χ1v) is 6.12. The summed E-state index contributed by atoms with van der Waals surface area (Å²) in [5, 5.41) is 0. The number of aryl methyl sites for hydroxylation is 1. The molecule has 0 saturated heterocycles. The van der Waals surface area contributed by atoms with Crippen LogP contribution in [-0.4, -0.2) is 9.55 Å². The van der Waals surface area contributed by atoms with Gasteiger partial charge < -0.3 is 4.57 Å². The summed E-state index contributed by atoms with van der Waals surface area (Å²) in [7, 11) is 1.77. The highest BCUT2D eigenvalue weighted by atomic mass is 19.4. The Morgan fingerprint density at radius 3 is 2.62 bits per heavy atom. The summed E-state index contributed by atoms with van der Waals surface area (Å²) >= 11 is 0. The fraction of sp³-hybridized carbons (Fsp3) is 0.308. The summed E-state index contributed by atoms with van der Waals surface area (Å²) in [4.78, 5) is 4.09. The molecule has 1 heterocycles. The smallest absolute Gasteiger partial charge is 0.338 e. The SMILES string of the molecule is Cn1ccnc1CC(NN)c1ccc(F)c(C(F)(F)F)c1. The summed E-state index contributed by atoms with van der Waals surface area (Å²) in [5.74, 6) is 4.75. The fourth-order valence-corrected chi connectivity index (χ4v) is 2.03. The van der Waals surface area contributed by atoms with E-state index in [9.17, 15) is 17.6 Å². The normalized spacial score (nSPS) is 13.4. The van der Waals surface area contributed by atoms with Crippen molar-refractivity contribution >= 4 is 0 Å². The Labute approximate surface area is 118 Å². The predicted molar refractivity (Wildman–Crippen MR) is 68.4 cm³/mol. The third-order valence-corrected chi connectivity index (χ3v) is 3.21. The van der Waals surface area contributed by atoms with Gasteiger partial charge in [0.05, 0.1) is 11.6 Å². The standard InChI is InChI=1S/C13H14F4N4/c1-21-5-4-19-12(21)7-11(20-18)8-2-3-10(14)9(6-8)13(15,16)17/h2-6,11,20H,7,18H2,1H3. The van der Waals surface area contributed by atoms with Gasteiger partial charge in [-0.25, -0.2) is 9.37 Å². The van der Waals surface area contributed by atoms with Gasteiger partial charge in [-0.2, -0.15) is 13.2 Å². The Morgan fingerprint density at radius 1 is 1.38 bits per heavy atom. The maximum Gasteiger partial charge on any atom is 0.419 e. The molecule has 0 aliphatic carbocycles. The van der Waals surface area contributed by atoms with E-state index >= 15 is 0 Å². The van der Waals surface area contributed by atoms with E-state index < -0.39 is 23.6 Å². The van der Waals surface area contributed by atoms with Crippen LogP contribution in [0.1, 0.15) is 23.0 Å². The summed E-state index contributed by atoms with van der Waals surface area (Å²) in [6.07, 6.45) is -1.17. The van der Waals surface area contributed by atoms with Gasteiger partial charge in [-0.1, -0.05) is 6.07 Å². The van der Waals surface area contributed by atoms with Crippen LogP contribution in [0.5, 0.6) is 0 Å². The minimum absolute atomic E-state index is 0.245. The first-order chi connectivity index (χ1) is 9.82. The zero-order valence-electron chi connectivity index (χ0n) is 11.2. The predicted octanol–water partition coefficient (Wildman–Crippen LogP) is 2.33. The number of benzene rings is 1. The molecule has 0 saturated carbocycles. The maximum absolute atomic E-state index is 13.3. The van der Waals surface area contributed by atoms with Crippen LogP contribution in [0.3, 0.4) is 0 Å². The average molecular weight is 302 g/mol. The number of halogens is 4. The number of imidazole rings is 1. The fourth-order valence-electron chi connectivity index (χ4n) is 2.03. The molecule has 1 atom stereocenters. The van der Waals surface area contributed by atoms with E-state index in [1.807, 2.05) is 0 Å².